The molecule has 1 aliphatic rings. The van der Waals surface area contributed by atoms with Crippen LogP contribution in [0.5, 0.6) is 11.5 Å². The van der Waals surface area contributed by atoms with Gasteiger partial charge in [0, 0.05) is 44.6 Å². The van der Waals surface area contributed by atoms with Gasteiger partial charge in [-0.05, 0) is 30.7 Å². The van der Waals surface area contributed by atoms with E-state index in [1.807, 2.05) is 31.4 Å². The monoisotopic (exact) mass is 424 g/mol. The predicted molar refractivity (Wildman–Crippen MR) is 119 cm³/mol. The fourth-order valence-electron chi connectivity index (χ4n) is 3.75. The Morgan fingerprint density at radius 2 is 2.13 bits per heavy atom. The van der Waals surface area contributed by atoms with Crippen molar-refractivity contribution < 1.29 is 14.3 Å². The summed E-state index contributed by atoms with van der Waals surface area (Å²) in [6.07, 6.45) is 4.41. The van der Waals surface area contributed by atoms with Crippen LogP contribution in [0.2, 0.25) is 0 Å². The molecule has 9 nitrogen and oxygen atoms in total. The Morgan fingerprint density at radius 3 is 2.94 bits per heavy atom. The Bertz CT molecular complexity index is 1070. The minimum atomic E-state index is -0.0685. The SMILES string of the molecule is CCN1CCCN(C)C(=O)COc2cc(ccc2OC)Nc2ncnc3[nH]cc(c23)C1. The van der Waals surface area contributed by atoms with E-state index in [4.69, 9.17) is 9.47 Å². The minimum absolute atomic E-state index is 0.0481. The van der Waals surface area contributed by atoms with E-state index in [2.05, 4.69) is 32.1 Å². The summed E-state index contributed by atoms with van der Waals surface area (Å²) in [5.74, 6) is 1.71. The number of anilines is 2. The summed E-state index contributed by atoms with van der Waals surface area (Å²) in [7, 11) is 3.39. The number of methoxy groups -OCH3 is 1. The summed E-state index contributed by atoms with van der Waals surface area (Å²) in [4.78, 5) is 28.7. The molecular formula is C22H28N6O3. The molecule has 3 heterocycles. The van der Waals surface area contributed by atoms with Gasteiger partial charge in [-0.25, -0.2) is 9.97 Å². The highest BCUT2D eigenvalue weighted by atomic mass is 16.5. The molecule has 0 saturated carbocycles. The normalized spacial score (nSPS) is 16.1. The number of amides is 1. The summed E-state index contributed by atoms with van der Waals surface area (Å²) in [6.45, 7) is 5.32. The van der Waals surface area contributed by atoms with E-state index in [0.29, 0.717) is 18.0 Å². The molecule has 2 bridgehead atoms. The largest absolute Gasteiger partial charge is 0.493 e. The Hall–Kier alpha value is -3.33. The fraction of sp³-hybridized carbons (Fsp3) is 0.409. The third-order valence-corrected chi connectivity index (χ3v) is 5.56. The van der Waals surface area contributed by atoms with E-state index in [9.17, 15) is 4.79 Å². The van der Waals surface area contributed by atoms with Crippen LogP contribution in [0.25, 0.3) is 11.0 Å². The topological polar surface area (TPSA) is 95.6 Å². The second-order valence-electron chi connectivity index (χ2n) is 7.58. The van der Waals surface area contributed by atoms with Crippen LogP contribution < -0.4 is 14.8 Å². The second-order valence-corrected chi connectivity index (χ2v) is 7.58. The van der Waals surface area contributed by atoms with Gasteiger partial charge in [-0.3, -0.25) is 9.69 Å². The smallest absolute Gasteiger partial charge is 0.260 e. The van der Waals surface area contributed by atoms with Crippen LogP contribution in [-0.4, -0.2) is 71.1 Å². The Labute approximate surface area is 181 Å². The number of carbonyl (C=O) groups is 1. The number of aromatic amines is 1. The highest BCUT2D eigenvalue weighted by Crippen LogP contribution is 2.33. The molecule has 4 rings (SSSR count). The van der Waals surface area contributed by atoms with Crippen LogP contribution in [-0.2, 0) is 11.3 Å². The maximum atomic E-state index is 12.5. The molecule has 1 amide bonds. The molecule has 2 N–H and O–H groups in total. The van der Waals surface area contributed by atoms with Crippen LogP contribution in [0.15, 0.2) is 30.7 Å². The van der Waals surface area contributed by atoms with Gasteiger partial charge in [0.15, 0.2) is 18.1 Å². The number of rotatable bonds is 2. The number of likely N-dealkylation sites (N-methyl/N-ethyl adjacent to an activating group) is 1. The molecule has 3 aromatic rings. The van der Waals surface area contributed by atoms with Gasteiger partial charge in [0.25, 0.3) is 5.91 Å². The van der Waals surface area contributed by atoms with Crippen LogP contribution in [0.4, 0.5) is 11.5 Å². The summed E-state index contributed by atoms with van der Waals surface area (Å²) < 4.78 is 11.2. The molecule has 0 saturated heterocycles. The molecule has 31 heavy (non-hydrogen) atoms. The first-order chi connectivity index (χ1) is 15.1. The van der Waals surface area contributed by atoms with Gasteiger partial charge >= 0.3 is 0 Å². The number of ether oxygens (including phenoxy) is 2. The van der Waals surface area contributed by atoms with Gasteiger partial charge < -0.3 is 24.7 Å². The molecule has 164 valence electrons. The zero-order valence-corrected chi connectivity index (χ0v) is 18.1. The number of fused-ring (bicyclic) bond motifs is 2. The standard InChI is InChI=1S/C22H28N6O3/c1-4-28-9-5-8-27(2)19(29)13-31-18-10-16(6-7-17(18)30-3)26-22-20-15(12-28)11-23-21(20)24-14-25-22/h6-7,10-11,14H,4-5,8-9,12-13H2,1-3H3,(H2,23,24,25,26). The van der Waals surface area contributed by atoms with Crippen LogP contribution in [0.1, 0.15) is 18.9 Å². The van der Waals surface area contributed by atoms with E-state index < -0.39 is 0 Å². The maximum absolute atomic E-state index is 12.5. The van der Waals surface area contributed by atoms with Gasteiger partial charge in [0.1, 0.15) is 17.8 Å². The number of aromatic nitrogens is 3. The molecule has 1 aromatic carbocycles. The Morgan fingerprint density at radius 1 is 1.26 bits per heavy atom. The lowest BCUT2D eigenvalue weighted by atomic mass is 10.2. The number of nitrogens with zero attached hydrogens (tertiary/aromatic N) is 4. The molecule has 0 atom stereocenters. The summed E-state index contributed by atoms with van der Waals surface area (Å²) in [5.41, 5.74) is 2.70. The molecule has 0 spiro atoms. The van der Waals surface area contributed by atoms with Gasteiger partial charge in [-0.1, -0.05) is 6.92 Å². The lowest BCUT2D eigenvalue weighted by Gasteiger charge is -2.23. The van der Waals surface area contributed by atoms with Gasteiger partial charge in [0.05, 0.1) is 12.5 Å². The molecule has 0 aliphatic carbocycles. The average Bonchev–Trinajstić information content (AvgIpc) is 3.20. The maximum Gasteiger partial charge on any atom is 0.260 e. The van der Waals surface area contributed by atoms with E-state index in [-0.39, 0.29) is 12.5 Å². The number of H-pyrrole nitrogens is 1. The molecule has 0 fully saturated rings. The Balaban J connectivity index is 1.75. The third-order valence-electron chi connectivity index (χ3n) is 5.56. The molecule has 2 aromatic heterocycles. The molecular weight excluding hydrogens is 396 g/mol. The molecule has 0 unspecified atom stereocenters. The van der Waals surface area contributed by atoms with E-state index >= 15 is 0 Å². The number of benzene rings is 1. The van der Waals surface area contributed by atoms with Crippen molar-refractivity contribution in [3.8, 4) is 11.5 Å². The van der Waals surface area contributed by atoms with Crippen molar-refractivity contribution in [2.24, 2.45) is 0 Å². The predicted octanol–water partition coefficient (Wildman–Crippen LogP) is 2.77. The van der Waals surface area contributed by atoms with Crippen molar-refractivity contribution in [1.82, 2.24) is 24.8 Å². The molecule has 9 heteroatoms. The lowest BCUT2D eigenvalue weighted by molar-refractivity contribution is -0.132. The number of carbonyl (C=O) groups excluding carboxylic acids is 1. The third kappa shape index (κ3) is 4.56. The minimum Gasteiger partial charge on any atom is -0.493 e. The van der Waals surface area contributed by atoms with Crippen molar-refractivity contribution in [2.75, 3.05) is 45.7 Å². The first-order valence-electron chi connectivity index (χ1n) is 10.4. The second kappa shape index (κ2) is 9.22. The van der Waals surface area contributed by atoms with E-state index in [1.165, 1.54) is 6.33 Å². The average molecular weight is 425 g/mol. The summed E-state index contributed by atoms with van der Waals surface area (Å²) >= 11 is 0. The highest BCUT2D eigenvalue weighted by Gasteiger charge is 2.17. The lowest BCUT2D eigenvalue weighted by Crippen LogP contribution is -2.34. The van der Waals surface area contributed by atoms with E-state index in [0.717, 1.165) is 54.2 Å². The van der Waals surface area contributed by atoms with E-state index in [1.54, 1.807) is 12.0 Å². The Kier molecular flexibility index (Phi) is 6.22. The highest BCUT2D eigenvalue weighted by molar-refractivity contribution is 5.92. The first-order valence-corrected chi connectivity index (χ1v) is 10.4. The number of nitrogens with one attached hydrogen (secondary N) is 2. The van der Waals surface area contributed by atoms with Crippen molar-refractivity contribution in [1.29, 1.82) is 0 Å². The quantitative estimate of drug-likeness (QED) is 0.653. The first kappa shape index (κ1) is 20.9. The summed E-state index contributed by atoms with van der Waals surface area (Å²) in [6, 6.07) is 5.52. The molecule has 0 radical (unpaired) electrons. The van der Waals surface area contributed by atoms with Crippen molar-refractivity contribution in [3.05, 3.63) is 36.3 Å². The van der Waals surface area contributed by atoms with Crippen LogP contribution in [0, 0.1) is 0 Å². The number of hydrogen-bond acceptors (Lipinski definition) is 7. The number of hydrogen-bond donors (Lipinski definition) is 2. The fourth-order valence-corrected chi connectivity index (χ4v) is 3.75. The van der Waals surface area contributed by atoms with Crippen molar-refractivity contribution in [3.63, 3.8) is 0 Å². The summed E-state index contributed by atoms with van der Waals surface area (Å²) in [5, 5.41) is 4.35. The molecule has 1 aliphatic heterocycles. The zero-order chi connectivity index (χ0) is 21.8. The van der Waals surface area contributed by atoms with Gasteiger partial charge in [-0.2, -0.15) is 0 Å². The zero-order valence-electron chi connectivity index (χ0n) is 18.1. The van der Waals surface area contributed by atoms with Gasteiger partial charge in [-0.15, -0.1) is 0 Å². The van der Waals surface area contributed by atoms with Gasteiger partial charge in [0.2, 0.25) is 0 Å². The van der Waals surface area contributed by atoms with Crippen molar-refractivity contribution >= 4 is 28.4 Å². The van der Waals surface area contributed by atoms with Crippen molar-refractivity contribution in [2.45, 2.75) is 19.9 Å². The van der Waals surface area contributed by atoms with Crippen LogP contribution in [0.3, 0.4) is 0 Å². The van der Waals surface area contributed by atoms with Crippen LogP contribution >= 0.6 is 0 Å².